The predicted molar refractivity (Wildman–Crippen MR) is 116 cm³/mol. The minimum atomic E-state index is -0.860. The highest BCUT2D eigenvalue weighted by Gasteiger charge is 2.59. The van der Waals surface area contributed by atoms with Crippen molar-refractivity contribution in [3.05, 3.63) is 71.8 Å². The van der Waals surface area contributed by atoms with Gasteiger partial charge in [-0.1, -0.05) is 60.7 Å². The fraction of sp³-hybridized carbons (Fsp3) is 0.400. The lowest BCUT2D eigenvalue weighted by Gasteiger charge is -2.56. The van der Waals surface area contributed by atoms with Crippen LogP contribution < -0.4 is 0 Å². The van der Waals surface area contributed by atoms with Crippen molar-refractivity contribution in [3.63, 3.8) is 0 Å². The van der Waals surface area contributed by atoms with Gasteiger partial charge in [0.25, 0.3) is 0 Å². The number of rotatable bonds is 7. The van der Waals surface area contributed by atoms with Crippen LogP contribution in [0.15, 0.2) is 60.7 Å². The van der Waals surface area contributed by atoms with Crippen LogP contribution >= 0.6 is 0 Å². The molecule has 1 saturated heterocycles. The molecule has 0 bridgehead atoms. The highest BCUT2D eigenvalue weighted by atomic mass is 16.5. The van der Waals surface area contributed by atoms with E-state index in [1.54, 1.807) is 16.7 Å². The number of carbonyl (C=O) groups is 3. The molecule has 1 atom stereocenters. The average Bonchev–Trinajstić information content (AvgIpc) is 2.75. The van der Waals surface area contributed by atoms with Crippen LogP contribution in [0.1, 0.15) is 43.7 Å². The molecular formula is C25H28N2O4. The topological polar surface area (TPSA) is 66.9 Å². The molecule has 2 aliphatic rings. The van der Waals surface area contributed by atoms with E-state index in [1.165, 1.54) is 0 Å². The van der Waals surface area contributed by atoms with Crippen molar-refractivity contribution in [3.8, 4) is 0 Å². The Morgan fingerprint density at radius 2 is 1.55 bits per heavy atom. The van der Waals surface area contributed by atoms with Gasteiger partial charge in [0.1, 0.15) is 11.6 Å². The van der Waals surface area contributed by atoms with Crippen molar-refractivity contribution in [1.82, 2.24) is 9.80 Å². The van der Waals surface area contributed by atoms with E-state index in [0.29, 0.717) is 25.9 Å². The Kier molecular flexibility index (Phi) is 6.07. The quantitative estimate of drug-likeness (QED) is 0.645. The second-order valence-electron chi connectivity index (χ2n) is 8.24. The molecule has 0 aromatic heterocycles. The molecule has 2 aromatic carbocycles. The second kappa shape index (κ2) is 8.92. The number of piperazine rings is 1. The van der Waals surface area contributed by atoms with Gasteiger partial charge in [0.2, 0.25) is 11.8 Å². The maximum atomic E-state index is 13.8. The minimum absolute atomic E-state index is 0.0626. The Bertz CT molecular complexity index is 941. The van der Waals surface area contributed by atoms with Crippen LogP contribution in [-0.4, -0.2) is 45.8 Å². The Morgan fingerprint density at radius 3 is 2.06 bits per heavy atom. The summed E-state index contributed by atoms with van der Waals surface area (Å²) in [6, 6.07) is 18.4. The molecule has 162 valence electrons. The fourth-order valence-electron chi connectivity index (χ4n) is 4.58. The van der Waals surface area contributed by atoms with Crippen LogP contribution in [0.5, 0.6) is 0 Å². The van der Waals surface area contributed by atoms with Crippen molar-refractivity contribution in [2.45, 2.75) is 57.3 Å². The van der Waals surface area contributed by atoms with Gasteiger partial charge in [-0.25, -0.2) is 0 Å². The zero-order valence-corrected chi connectivity index (χ0v) is 17.8. The van der Waals surface area contributed by atoms with Crippen molar-refractivity contribution in [2.24, 2.45) is 0 Å². The van der Waals surface area contributed by atoms with Crippen LogP contribution in [0.2, 0.25) is 0 Å². The summed E-state index contributed by atoms with van der Waals surface area (Å²) in [5.74, 6) is -0.699. The zero-order chi connectivity index (χ0) is 21.8. The molecule has 0 radical (unpaired) electrons. The summed E-state index contributed by atoms with van der Waals surface area (Å²) in [5.41, 5.74) is 1.09. The summed E-state index contributed by atoms with van der Waals surface area (Å²) in [7, 11) is 0. The van der Waals surface area contributed by atoms with Crippen LogP contribution in [-0.2, 0) is 32.2 Å². The third kappa shape index (κ3) is 4.07. The number of hydrogen-bond acceptors (Lipinski definition) is 4. The van der Waals surface area contributed by atoms with Crippen LogP contribution in [0.25, 0.3) is 0 Å². The van der Waals surface area contributed by atoms with Gasteiger partial charge in [-0.15, -0.1) is 0 Å². The summed E-state index contributed by atoms with van der Waals surface area (Å²) in [5, 5.41) is 0. The minimum Gasteiger partial charge on any atom is -0.466 e. The molecule has 1 spiro atoms. The van der Waals surface area contributed by atoms with Crippen molar-refractivity contribution in [2.75, 3.05) is 6.61 Å². The van der Waals surface area contributed by atoms with Gasteiger partial charge in [0.15, 0.2) is 0 Å². The number of hydrogen-bond donors (Lipinski definition) is 0. The summed E-state index contributed by atoms with van der Waals surface area (Å²) >= 11 is 0. The lowest BCUT2D eigenvalue weighted by Crippen LogP contribution is -2.73. The first-order valence-corrected chi connectivity index (χ1v) is 10.9. The molecule has 1 heterocycles. The smallest absolute Gasteiger partial charge is 0.308 e. The SMILES string of the molecule is CCOC(=O)C[C@H]1C(=O)N(Cc2ccccc2)C2(CCC2)C(=O)N1Cc1ccccc1. The van der Waals surface area contributed by atoms with Gasteiger partial charge in [-0.2, -0.15) is 0 Å². The predicted octanol–water partition coefficient (Wildman–Crippen LogP) is 3.30. The Morgan fingerprint density at radius 1 is 0.968 bits per heavy atom. The first kappa shape index (κ1) is 21.1. The van der Waals surface area contributed by atoms with Gasteiger partial charge in [0.05, 0.1) is 13.0 Å². The summed E-state index contributed by atoms with van der Waals surface area (Å²) < 4.78 is 5.12. The molecule has 1 aliphatic heterocycles. The Hall–Kier alpha value is -3.15. The van der Waals surface area contributed by atoms with Crippen LogP contribution in [0.4, 0.5) is 0 Å². The third-order valence-electron chi connectivity index (χ3n) is 6.33. The Balaban J connectivity index is 1.68. The molecule has 6 heteroatoms. The van der Waals surface area contributed by atoms with Gasteiger partial charge in [0, 0.05) is 13.1 Å². The van der Waals surface area contributed by atoms with E-state index in [9.17, 15) is 14.4 Å². The lowest BCUT2D eigenvalue weighted by molar-refractivity contribution is -0.181. The summed E-state index contributed by atoms with van der Waals surface area (Å²) in [4.78, 5) is 43.2. The largest absolute Gasteiger partial charge is 0.466 e. The monoisotopic (exact) mass is 420 g/mol. The molecular weight excluding hydrogens is 392 g/mol. The lowest BCUT2D eigenvalue weighted by atomic mass is 9.71. The summed E-state index contributed by atoms with van der Waals surface area (Å²) in [6.07, 6.45) is 2.09. The molecule has 2 fully saturated rings. The van der Waals surface area contributed by atoms with Gasteiger partial charge in [-0.3, -0.25) is 14.4 Å². The normalized spacial score (nSPS) is 20.0. The van der Waals surface area contributed by atoms with Gasteiger partial charge in [-0.05, 0) is 37.3 Å². The van der Waals surface area contributed by atoms with E-state index < -0.39 is 17.6 Å². The van der Waals surface area contributed by atoms with Crippen LogP contribution in [0, 0.1) is 0 Å². The molecule has 31 heavy (non-hydrogen) atoms. The average molecular weight is 421 g/mol. The van der Waals surface area contributed by atoms with E-state index in [1.807, 2.05) is 60.7 Å². The Labute approximate surface area is 182 Å². The van der Waals surface area contributed by atoms with E-state index in [-0.39, 0.29) is 24.8 Å². The number of amides is 2. The number of carbonyl (C=O) groups excluding carboxylic acids is 3. The second-order valence-corrected chi connectivity index (χ2v) is 8.24. The maximum Gasteiger partial charge on any atom is 0.308 e. The van der Waals surface area contributed by atoms with Crippen LogP contribution in [0.3, 0.4) is 0 Å². The maximum absolute atomic E-state index is 13.8. The van der Waals surface area contributed by atoms with E-state index in [4.69, 9.17) is 4.74 Å². The zero-order valence-electron chi connectivity index (χ0n) is 17.8. The number of benzene rings is 2. The highest BCUT2D eigenvalue weighted by Crippen LogP contribution is 2.44. The molecule has 6 nitrogen and oxygen atoms in total. The standard InChI is InChI=1S/C25H28N2O4/c1-2-31-22(28)16-21-23(29)27(18-20-12-7-4-8-13-20)25(14-9-15-25)24(30)26(21)17-19-10-5-3-6-11-19/h3-8,10-13,21H,2,9,14-18H2,1H3/t21-/m0/s1. The molecule has 0 unspecified atom stereocenters. The van der Waals surface area contributed by atoms with Gasteiger partial charge < -0.3 is 14.5 Å². The van der Waals surface area contributed by atoms with Crippen molar-refractivity contribution in [1.29, 1.82) is 0 Å². The number of nitrogens with zero attached hydrogens (tertiary/aromatic N) is 2. The molecule has 2 amide bonds. The molecule has 1 aliphatic carbocycles. The summed E-state index contributed by atoms with van der Waals surface area (Å²) in [6.45, 7) is 2.64. The van der Waals surface area contributed by atoms with Gasteiger partial charge >= 0.3 is 5.97 Å². The molecule has 1 saturated carbocycles. The molecule has 2 aromatic rings. The van der Waals surface area contributed by atoms with E-state index in [0.717, 1.165) is 17.5 Å². The molecule has 0 N–H and O–H groups in total. The number of ether oxygens (including phenoxy) is 1. The highest BCUT2D eigenvalue weighted by molar-refractivity contribution is 6.01. The van der Waals surface area contributed by atoms with Crippen molar-refractivity contribution >= 4 is 17.8 Å². The number of esters is 1. The van der Waals surface area contributed by atoms with E-state index >= 15 is 0 Å². The van der Waals surface area contributed by atoms with E-state index in [2.05, 4.69) is 0 Å². The molecule has 4 rings (SSSR count). The first-order valence-electron chi connectivity index (χ1n) is 10.9. The van der Waals surface area contributed by atoms with Crippen molar-refractivity contribution < 1.29 is 19.1 Å². The fourth-order valence-corrected chi connectivity index (χ4v) is 4.58. The first-order chi connectivity index (χ1) is 15.0. The third-order valence-corrected chi connectivity index (χ3v) is 6.33.